The Bertz CT molecular complexity index is 3530. The highest BCUT2D eigenvalue weighted by Crippen LogP contribution is 2.46. The summed E-state index contributed by atoms with van der Waals surface area (Å²) in [6.45, 7) is 0. The van der Waals surface area contributed by atoms with Crippen LogP contribution >= 0.6 is 0 Å². The molecule has 0 saturated carbocycles. The highest BCUT2D eigenvalue weighted by Gasteiger charge is 2.20. The third-order valence-corrected chi connectivity index (χ3v) is 7.44. The second-order valence-electron chi connectivity index (χ2n) is 9.75. The minimum absolute atomic E-state index is 0.00283. The van der Waals surface area contributed by atoms with Crippen molar-refractivity contribution >= 4 is 54.3 Å². The summed E-state index contributed by atoms with van der Waals surface area (Å²) in [6, 6.07) is -3.41. The van der Waals surface area contributed by atoms with Crippen molar-refractivity contribution in [2.24, 2.45) is 0 Å². The number of hydrogen-bond acceptors (Lipinski definition) is 1. The molecule has 0 radical (unpaired) electrons. The minimum Gasteiger partial charge on any atom is -0.456 e. The van der Waals surface area contributed by atoms with E-state index in [1.54, 1.807) is 0 Å². The normalized spacial score (nSPS) is 18.2. The fourth-order valence-electron chi connectivity index (χ4n) is 5.59. The van der Waals surface area contributed by atoms with Crippen molar-refractivity contribution in [2.75, 3.05) is 0 Å². The van der Waals surface area contributed by atoms with Crippen molar-refractivity contribution in [3.8, 4) is 33.4 Å². The summed E-state index contributed by atoms with van der Waals surface area (Å²) in [5.41, 5.74) is -1.73. The van der Waals surface area contributed by atoms with Crippen LogP contribution in [-0.2, 0) is 0 Å². The van der Waals surface area contributed by atoms with Gasteiger partial charge in [-0.3, -0.25) is 0 Å². The summed E-state index contributed by atoms with van der Waals surface area (Å²) in [5.74, 6) is 0. The lowest BCUT2D eigenvalue weighted by molar-refractivity contribution is 0.669. The van der Waals surface area contributed by atoms with Crippen molar-refractivity contribution in [1.82, 2.24) is 0 Å². The topological polar surface area (TPSA) is 13.1 Å². The SMILES string of the molecule is [2H]c1cc2c(-c3c([2H])c([2H])c(-c4cc([2H])c5c([2H])c([2H])c([2H])c([2H])c5c4)c([2H])c3[2H])c3cc([2H])c([2H])cc3c(-c3c([2H])c([2H])c([2H])c4oc5c([2H])c([2H])c([2H])c([2H])c5c34)c2cc1[2H]. The summed E-state index contributed by atoms with van der Waals surface area (Å²) in [7, 11) is 0. The zero-order chi connectivity index (χ0) is 45.7. The molecule has 0 fully saturated rings. The third kappa shape index (κ3) is 3.72. The highest BCUT2D eigenvalue weighted by atomic mass is 16.3. The van der Waals surface area contributed by atoms with Gasteiger partial charge in [0, 0.05) is 10.8 Å². The van der Waals surface area contributed by atoms with Crippen LogP contribution in [0.15, 0.2) is 162 Å². The lowest BCUT2D eigenvalue weighted by Gasteiger charge is -2.18. The van der Waals surface area contributed by atoms with Crippen molar-refractivity contribution in [2.45, 2.75) is 0 Å². The van der Waals surface area contributed by atoms with Gasteiger partial charge in [-0.2, -0.15) is 0 Å². The van der Waals surface area contributed by atoms with Gasteiger partial charge in [0.05, 0.1) is 27.4 Å². The smallest absolute Gasteiger partial charge is 0.136 e. The first-order valence-corrected chi connectivity index (χ1v) is 13.1. The number of benzene rings is 8. The quantitative estimate of drug-likeness (QED) is 0.194. The van der Waals surface area contributed by atoms with Gasteiger partial charge in [-0.05, 0) is 83.8 Å². The average Bonchev–Trinajstić information content (AvgIpc) is 3.64. The van der Waals surface area contributed by atoms with E-state index in [0.717, 1.165) is 0 Å². The van der Waals surface area contributed by atoms with Crippen LogP contribution in [0.2, 0.25) is 0 Å². The van der Waals surface area contributed by atoms with Crippen LogP contribution in [0.3, 0.4) is 0 Å². The number of fused-ring (bicyclic) bond motifs is 6. The number of furan rings is 1. The van der Waals surface area contributed by atoms with Gasteiger partial charge in [0.2, 0.25) is 0 Å². The molecule has 0 N–H and O–H groups in total. The number of para-hydroxylation sites is 1. The minimum atomic E-state index is -0.668. The van der Waals surface area contributed by atoms with E-state index in [4.69, 9.17) is 25.0 Å². The van der Waals surface area contributed by atoms with Gasteiger partial charge in [-0.1, -0.05) is 139 Å². The van der Waals surface area contributed by atoms with Gasteiger partial charge in [-0.25, -0.2) is 0 Å². The Morgan fingerprint density at radius 2 is 1.00 bits per heavy atom. The van der Waals surface area contributed by atoms with E-state index in [2.05, 4.69) is 0 Å². The lowest BCUT2D eigenvalue weighted by Crippen LogP contribution is -1.91. The zero-order valence-corrected chi connectivity index (χ0v) is 21.9. The summed E-state index contributed by atoms with van der Waals surface area (Å²) < 4.78 is 181. The van der Waals surface area contributed by atoms with Crippen molar-refractivity contribution in [3.63, 3.8) is 0 Å². The van der Waals surface area contributed by atoms with E-state index in [0.29, 0.717) is 0 Å². The first kappa shape index (κ1) is 11.6. The second-order valence-corrected chi connectivity index (χ2v) is 9.75. The van der Waals surface area contributed by atoms with Crippen LogP contribution in [0.4, 0.5) is 0 Å². The molecule has 1 aromatic heterocycles. The fraction of sp³-hybridized carbons (Fsp3) is 0. The summed E-state index contributed by atoms with van der Waals surface area (Å²) in [6.07, 6.45) is 0. The predicted octanol–water partition coefficient (Wildman–Crippen LogP) is 12.0. The van der Waals surface area contributed by atoms with Crippen molar-refractivity contribution < 1.29 is 31.8 Å². The van der Waals surface area contributed by atoms with Gasteiger partial charge in [0.15, 0.2) is 0 Å². The van der Waals surface area contributed by atoms with E-state index in [9.17, 15) is 6.85 Å². The fourth-order valence-corrected chi connectivity index (χ4v) is 5.59. The lowest BCUT2D eigenvalue weighted by atomic mass is 9.84. The summed E-state index contributed by atoms with van der Waals surface area (Å²) in [4.78, 5) is 0. The van der Waals surface area contributed by atoms with Gasteiger partial charge < -0.3 is 4.42 Å². The third-order valence-electron chi connectivity index (χ3n) is 7.44. The molecule has 8 aromatic carbocycles. The van der Waals surface area contributed by atoms with Crippen LogP contribution in [0, 0.1) is 0 Å². The molecule has 0 spiro atoms. The van der Waals surface area contributed by atoms with E-state index < -0.39 is 90.6 Å². The average molecular weight is 567 g/mol. The molecule has 43 heavy (non-hydrogen) atoms. The summed E-state index contributed by atoms with van der Waals surface area (Å²) >= 11 is 0. The van der Waals surface area contributed by atoms with Gasteiger partial charge >= 0.3 is 0 Å². The van der Waals surface area contributed by atoms with E-state index in [1.165, 1.54) is 36.4 Å². The van der Waals surface area contributed by atoms with Gasteiger partial charge in [-0.15, -0.1) is 0 Å². The van der Waals surface area contributed by atoms with Crippen LogP contribution in [0.1, 0.15) is 27.4 Å². The molecule has 0 saturated heterocycles. The van der Waals surface area contributed by atoms with Crippen LogP contribution < -0.4 is 0 Å². The molecular formula is C42H26O. The number of rotatable bonds is 3. The Morgan fingerprint density at radius 3 is 1.74 bits per heavy atom. The van der Waals surface area contributed by atoms with Crippen LogP contribution in [0.5, 0.6) is 0 Å². The van der Waals surface area contributed by atoms with Gasteiger partial charge in [0.1, 0.15) is 11.2 Å². The first-order valence-electron chi connectivity index (χ1n) is 23.1. The number of hydrogen-bond donors (Lipinski definition) is 0. The molecule has 0 amide bonds. The highest BCUT2D eigenvalue weighted by molar-refractivity contribution is 6.25. The molecule has 1 heteroatoms. The molecule has 0 aliphatic heterocycles. The molecule has 200 valence electrons. The maximum absolute atomic E-state index is 9.43. The zero-order valence-electron chi connectivity index (χ0n) is 41.9. The molecule has 1 nitrogen and oxygen atoms in total. The molecule has 9 rings (SSSR count). The monoisotopic (exact) mass is 566 g/mol. The molecule has 1 heterocycles. The van der Waals surface area contributed by atoms with Crippen molar-refractivity contribution in [1.29, 1.82) is 0 Å². The van der Waals surface area contributed by atoms with E-state index in [1.807, 2.05) is 0 Å². The second kappa shape index (κ2) is 9.44. The Labute approximate surface area is 277 Å². The van der Waals surface area contributed by atoms with E-state index >= 15 is 0 Å². The molecule has 0 aliphatic rings. The molecular weight excluding hydrogens is 520 g/mol. The molecule has 9 aromatic rings. The van der Waals surface area contributed by atoms with Crippen LogP contribution in [-0.4, -0.2) is 0 Å². The molecule has 0 atom stereocenters. The molecule has 0 aliphatic carbocycles. The first-order chi connectivity index (χ1) is 29.6. The molecule has 0 unspecified atom stereocenters. The maximum Gasteiger partial charge on any atom is 0.136 e. The molecule has 0 bridgehead atoms. The maximum atomic E-state index is 9.43. The Hall–Kier alpha value is -5.66. The largest absolute Gasteiger partial charge is 0.456 e. The predicted molar refractivity (Wildman–Crippen MR) is 183 cm³/mol. The Balaban J connectivity index is 1.47. The van der Waals surface area contributed by atoms with Crippen LogP contribution in [0.25, 0.3) is 87.6 Å². The standard InChI is InChI=1S/C42H26O/c1-2-11-30-26-31(25-22-27(30)10-1)28-20-23-29(24-21-28)40-32-12-3-5-14-34(32)41(35-15-6-4-13-33(35)40)37-17-9-19-39-42(37)36-16-7-8-18-38(36)43-39/h1-26H/i1D,2D,3D,4D,5D,6D,7D,8D,9D,10D,11D,16D,17D,18D,19D,20D,21D,22D,23D,24D. The van der Waals surface area contributed by atoms with E-state index in [-0.39, 0.29) is 118 Å². The Kier molecular flexibility index (Phi) is 2.54. The summed E-state index contributed by atoms with van der Waals surface area (Å²) in [5, 5.41) is -0.544. The van der Waals surface area contributed by atoms with Gasteiger partial charge in [0.25, 0.3) is 0 Å². The Morgan fingerprint density at radius 1 is 0.395 bits per heavy atom. The van der Waals surface area contributed by atoms with Crippen molar-refractivity contribution in [3.05, 3.63) is 157 Å².